The maximum atomic E-state index is 9.14. The van der Waals surface area contributed by atoms with Gasteiger partial charge in [-0.2, -0.15) is 0 Å². The lowest BCUT2D eigenvalue weighted by molar-refractivity contribution is -0.0172. The fraction of sp³-hybridized carbons (Fsp3) is 1.00. The highest BCUT2D eigenvalue weighted by atomic mass is 16.5. The van der Waals surface area contributed by atoms with Gasteiger partial charge in [0.2, 0.25) is 0 Å². The molecule has 0 aromatic carbocycles. The first-order chi connectivity index (χ1) is 5.20. The molecule has 2 atom stereocenters. The summed E-state index contributed by atoms with van der Waals surface area (Å²) in [4.78, 5) is 2.26. The van der Waals surface area contributed by atoms with E-state index in [1.54, 1.807) is 0 Å². The normalized spacial score (nSPS) is 30.3. The molecule has 1 aliphatic heterocycles. The lowest BCUT2D eigenvalue weighted by Gasteiger charge is -2.33. The summed E-state index contributed by atoms with van der Waals surface area (Å²) in [7, 11) is 0. The molecule has 0 radical (unpaired) electrons. The van der Waals surface area contributed by atoms with E-state index in [9.17, 15) is 0 Å². The summed E-state index contributed by atoms with van der Waals surface area (Å²) < 4.78 is 5.27. The number of rotatable bonds is 2. The number of hydrogen-bond acceptors (Lipinski definition) is 3. The third-order valence-electron chi connectivity index (χ3n) is 2.00. The van der Waals surface area contributed by atoms with Crippen molar-refractivity contribution in [1.29, 1.82) is 0 Å². The summed E-state index contributed by atoms with van der Waals surface area (Å²) in [5, 5.41) is 9.14. The van der Waals surface area contributed by atoms with Crippen molar-refractivity contribution in [2.24, 2.45) is 0 Å². The van der Waals surface area contributed by atoms with Crippen LogP contribution in [-0.2, 0) is 4.74 Å². The van der Waals surface area contributed by atoms with Crippen LogP contribution in [-0.4, -0.2) is 48.5 Å². The third-order valence-corrected chi connectivity index (χ3v) is 2.00. The average molecular weight is 159 g/mol. The highest BCUT2D eigenvalue weighted by molar-refractivity contribution is 4.72. The van der Waals surface area contributed by atoms with Crippen LogP contribution in [0.3, 0.4) is 0 Å². The smallest absolute Gasteiger partial charge is 0.0639 e. The highest BCUT2D eigenvalue weighted by Gasteiger charge is 2.19. The molecule has 2 unspecified atom stereocenters. The molecule has 1 N–H and O–H groups in total. The Morgan fingerprint density at radius 1 is 1.73 bits per heavy atom. The van der Waals surface area contributed by atoms with Crippen molar-refractivity contribution in [2.45, 2.75) is 26.0 Å². The SMILES string of the molecule is CC(O)CN1CCOCC1C. The van der Waals surface area contributed by atoms with Gasteiger partial charge in [0.05, 0.1) is 19.3 Å². The van der Waals surface area contributed by atoms with E-state index in [2.05, 4.69) is 11.8 Å². The largest absolute Gasteiger partial charge is 0.392 e. The van der Waals surface area contributed by atoms with Crippen LogP contribution in [0, 0.1) is 0 Å². The van der Waals surface area contributed by atoms with E-state index in [4.69, 9.17) is 9.84 Å². The zero-order valence-corrected chi connectivity index (χ0v) is 7.29. The van der Waals surface area contributed by atoms with Gasteiger partial charge in [-0.15, -0.1) is 0 Å². The van der Waals surface area contributed by atoms with Gasteiger partial charge in [0.15, 0.2) is 0 Å². The first kappa shape index (κ1) is 8.97. The van der Waals surface area contributed by atoms with Gasteiger partial charge < -0.3 is 9.84 Å². The van der Waals surface area contributed by atoms with Gasteiger partial charge >= 0.3 is 0 Å². The summed E-state index contributed by atoms with van der Waals surface area (Å²) in [6.07, 6.45) is -0.226. The van der Waals surface area contributed by atoms with Crippen LogP contribution in [0.5, 0.6) is 0 Å². The Balaban J connectivity index is 2.29. The molecule has 66 valence electrons. The second-order valence-corrected chi connectivity index (χ2v) is 3.27. The Morgan fingerprint density at radius 3 is 3.00 bits per heavy atom. The number of morpholine rings is 1. The van der Waals surface area contributed by atoms with Crippen LogP contribution in [0.2, 0.25) is 0 Å². The molecule has 0 spiro atoms. The van der Waals surface area contributed by atoms with Crippen molar-refractivity contribution in [2.75, 3.05) is 26.3 Å². The van der Waals surface area contributed by atoms with Crippen molar-refractivity contribution in [3.05, 3.63) is 0 Å². The Kier molecular flexibility index (Phi) is 3.30. The molecule has 1 heterocycles. The van der Waals surface area contributed by atoms with E-state index in [-0.39, 0.29) is 6.10 Å². The maximum Gasteiger partial charge on any atom is 0.0639 e. The van der Waals surface area contributed by atoms with Crippen LogP contribution < -0.4 is 0 Å². The Bertz CT molecular complexity index is 117. The molecule has 0 amide bonds. The number of β-amino-alcohol motifs (C(OH)–C–C–N with tert-alkyl or cyclic N) is 1. The molecule has 0 aromatic heterocycles. The number of nitrogens with zero attached hydrogens (tertiary/aromatic N) is 1. The van der Waals surface area contributed by atoms with E-state index in [1.807, 2.05) is 6.92 Å². The van der Waals surface area contributed by atoms with Crippen molar-refractivity contribution in [3.63, 3.8) is 0 Å². The summed E-state index contributed by atoms with van der Waals surface area (Å²) in [5.74, 6) is 0. The summed E-state index contributed by atoms with van der Waals surface area (Å²) in [6, 6.07) is 0.457. The zero-order valence-electron chi connectivity index (χ0n) is 7.29. The summed E-state index contributed by atoms with van der Waals surface area (Å²) >= 11 is 0. The van der Waals surface area contributed by atoms with Crippen molar-refractivity contribution in [3.8, 4) is 0 Å². The second-order valence-electron chi connectivity index (χ2n) is 3.27. The predicted octanol–water partition coefficient (Wildman–Crippen LogP) is 0.0879. The molecule has 0 bridgehead atoms. The standard InChI is InChI=1S/C8H17NO2/c1-7-6-11-4-3-9(7)5-8(2)10/h7-8,10H,3-6H2,1-2H3. The molecule has 3 nitrogen and oxygen atoms in total. The number of ether oxygens (including phenoxy) is 1. The predicted molar refractivity (Wildman–Crippen MR) is 43.5 cm³/mol. The quantitative estimate of drug-likeness (QED) is 0.619. The minimum Gasteiger partial charge on any atom is -0.392 e. The van der Waals surface area contributed by atoms with Crippen molar-refractivity contribution < 1.29 is 9.84 Å². The molecular weight excluding hydrogens is 142 g/mol. The molecule has 1 aliphatic rings. The van der Waals surface area contributed by atoms with Crippen LogP contribution >= 0.6 is 0 Å². The lowest BCUT2D eigenvalue weighted by Crippen LogP contribution is -2.46. The minimum atomic E-state index is -0.226. The number of aliphatic hydroxyl groups excluding tert-OH is 1. The summed E-state index contributed by atoms with van der Waals surface area (Å²) in [5.41, 5.74) is 0. The van der Waals surface area contributed by atoms with Gasteiger partial charge in [-0.1, -0.05) is 0 Å². The van der Waals surface area contributed by atoms with Gasteiger partial charge in [0.25, 0.3) is 0 Å². The van der Waals surface area contributed by atoms with Gasteiger partial charge in [0, 0.05) is 19.1 Å². The van der Waals surface area contributed by atoms with E-state index >= 15 is 0 Å². The maximum absolute atomic E-state index is 9.14. The van der Waals surface area contributed by atoms with Gasteiger partial charge in [0.1, 0.15) is 0 Å². The Hall–Kier alpha value is -0.120. The third kappa shape index (κ3) is 2.77. The zero-order chi connectivity index (χ0) is 8.27. The van der Waals surface area contributed by atoms with E-state index in [0.717, 1.165) is 26.3 Å². The van der Waals surface area contributed by atoms with Gasteiger partial charge in [-0.3, -0.25) is 4.90 Å². The van der Waals surface area contributed by atoms with Crippen LogP contribution in [0.4, 0.5) is 0 Å². The second kappa shape index (κ2) is 4.04. The molecule has 3 heteroatoms. The minimum absolute atomic E-state index is 0.226. The molecule has 1 saturated heterocycles. The van der Waals surface area contributed by atoms with Crippen molar-refractivity contribution in [1.82, 2.24) is 4.90 Å². The monoisotopic (exact) mass is 159 g/mol. The summed E-state index contributed by atoms with van der Waals surface area (Å²) in [6.45, 7) is 7.27. The molecule has 1 fully saturated rings. The molecule has 0 aliphatic carbocycles. The Morgan fingerprint density at radius 2 is 2.45 bits per heavy atom. The molecule has 1 rings (SSSR count). The molecule has 0 saturated carbocycles. The van der Waals surface area contributed by atoms with Crippen molar-refractivity contribution >= 4 is 0 Å². The van der Waals surface area contributed by atoms with Gasteiger partial charge in [-0.25, -0.2) is 0 Å². The van der Waals surface area contributed by atoms with E-state index in [0.29, 0.717) is 6.04 Å². The lowest BCUT2D eigenvalue weighted by atomic mass is 10.2. The fourth-order valence-corrected chi connectivity index (χ4v) is 1.37. The first-order valence-electron chi connectivity index (χ1n) is 4.20. The topological polar surface area (TPSA) is 32.7 Å². The number of hydrogen-bond donors (Lipinski definition) is 1. The van der Waals surface area contributed by atoms with E-state index < -0.39 is 0 Å². The first-order valence-corrected chi connectivity index (χ1v) is 4.20. The molecular formula is C8H17NO2. The molecule has 11 heavy (non-hydrogen) atoms. The number of aliphatic hydroxyl groups is 1. The van der Waals surface area contributed by atoms with Gasteiger partial charge in [-0.05, 0) is 13.8 Å². The Labute approximate surface area is 68.0 Å². The highest BCUT2D eigenvalue weighted by Crippen LogP contribution is 2.06. The average Bonchev–Trinajstić information content (AvgIpc) is 1.93. The molecule has 0 aromatic rings. The van der Waals surface area contributed by atoms with E-state index in [1.165, 1.54) is 0 Å². The van der Waals surface area contributed by atoms with Crippen LogP contribution in [0.1, 0.15) is 13.8 Å². The van der Waals surface area contributed by atoms with Crippen LogP contribution in [0.25, 0.3) is 0 Å². The van der Waals surface area contributed by atoms with Crippen LogP contribution in [0.15, 0.2) is 0 Å². The fourth-order valence-electron chi connectivity index (χ4n) is 1.37.